The number of aromatic nitrogens is 2. The Balaban J connectivity index is 2.31. The third kappa shape index (κ3) is 2.65. The van der Waals surface area contributed by atoms with Crippen molar-refractivity contribution < 1.29 is 9.84 Å². The molecule has 2 heterocycles. The fourth-order valence-electron chi connectivity index (χ4n) is 1.80. The van der Waals surface area contributed by atoms with Crippen molar-refractivity contribution in [2.24, 2.45) is 0 Å². The first-order valence-corrected chi connectivity index (χ1v) is 5.89. The fraction of sp³-hybridized carbons (Fsp3) is 0.286. The first kappa shape index (κ1) is 12.5. The Morgan fingerprint density at radius 1 is 1.39 bits per heavy atom. The highest BCUT2D eigenvalue weighted by Gasteiger charge is 2.14. The van der Waals surface area contributed by atoms with E-state index in [4.69, 9.17) is 4.74 Å². The van der Waals surface area contributed by atoms with Crippen LogP contribution in [0.15, 0.2) is 36.8 Å². The molecule has 0 aromatic carbocycles. The van der Waals surface area contributed by atoms with Crippen molar-refractivity contribution >= 4 is 0 Å². The van der Waals surface area contributed by atoms with Crippen LogP contribution in [-0.2, 0) is 0 Å². The van der Waals surface area contributed by atoms with E-state index in [0.717, 1.165) is 11.3 Å². The minimum atomic E-state index is -0.730. The predicted molar refractivity (Wildman–Crippen MR) is 68.4 cm³/mol. The minimum absolute atomic E-state index is 0.577. The van der Waals surface area contributed by atoms with E-state index in [0.29, 0.717) is 17.9 Å². The van der Waals surface area contributed by atoms with Gasteiger partial charge >= 0.3 is 0 Å². The van der Waals surface area contributed by atoms with Crippen LogP contribution in [0.5, 0.6) is 5.75 Å². The third-order valence-corrected chi connectivity index (χ3v) is 2.70. The van der Waals surface area contributed by atoms with Gasteiger partial charge in [-0.15, -0.1) is 0 Å². The first-order valence-electron chi connectivity index (χ1n) is 5.89. The monoisotopic (exact) mass is 244 g/mol. The van der Waals surface area contributed by atoms with Crippen LogP contribution in [0.3, 0.4) is 0 Å². The average Bonchev–Trinajstić information content (AvgIpc) is 2.39. The Kier molecular flexibility index (Phi) is 3.89. The van der Waals surface area contributed by atoms with E-state index in [1.807, 2.05) is 26.0 Å². The largest absolute Gasteiger partial charge is 0.492 e. The molecule has 2 aromatic heterocycles. The molecule has 1 unspecified atom stereocenters. The molecule has 0 radical (unpaired) electrons. The number of pyridine rings is 2. The van der Waals surface area contributed by atoms with Crippen LogP contribution in [0.1, 0.15) is 29.8 Å². The van der Waals surface area contributed by atoms with E-state index in [1.54, 1.807) is 24.7 Å². The van der Waals surface area contributed by atoms with Gasteiger partial charge < -0.3 is 9.84 Å². The van der Waals surface area contributed by atoms with Gasteiger partial charge in [-0.3, -0.25) is 9.97 Å². The molecule has 4 nitrogen and oxygen atoms in total. The van der Waals surface area contributed by atoms with Crippen LogP contribution in [0.2, 0.25) is 0 Å². The molecule has 0 saturated heterocycles. The van der Waals surface area contributed by atoms with E-state index in [-0.39, 0.29) is 0 Å². The lowest BCUT2D eigenvalue weighted by Gasteiger charge is -2.13. The van der Waals surface area contributed by atoms with Gasteiger partial charge in [-0.2, -0.15) is 0 Å². The summed E-state index contributed by atoms with van der Waals surface area (Å²) in [6.45, 7) is 4.36. The van der Waals surface area contributed by atoms with E-state index < -0.39 is 6.10 Å². The van der Waals surface area contributed by atoms with E-state index in [9.17, 15) is 5.11 Å². The first-order chi connectivity index (χ1) is 8.72. The van der Waals surface area contributed by atoms with Crippen LogP contribution in [-0.4, -0.2) is 21.7 Å². The van der Waals surface area contributed by atoms with Crippen molar-refractivity contribution in [2.45, 2.75) is 20.0 Å². The maximum absolute atomic E-state index is 10.3. The number of hydrogen-bond acceptors (Lipinski definition) is 4. The minimum Gasteiger partial charge on any atom is -0.492 e. The number of aryl methyl sites for hydroxylation is 1. The van der Waals surface area contributed by atoms with Crippen LogP contribution in [0.4, 0.5) is 0 Å². The van der Waals surface area contributed by atoms with Crippen molar-refractivity contribution in [3.63, 3.8) is 0 Å². The van der Waals surface area contributed by atoms with Gasteiger partial charge in [0.1, 0.15) is 11.9 Å². The van der Waals surface area contributed by atoms with Gasteiger partial charge in [0.05, 0.1) is 12.8 Å². The molecule has 0 spiro atoms. The molecule has 2 rings (SSSR count). The second-order valence-electron chi connectivity index (χ2n) is 3.97. The molecule has 0 aliphatic heterocycles. The molecule has 0 saturated carbocycles. The van der Waals surface area contributed by atoms with Gasteiger partial charge in [0, 0.05) is 29.2 Å². The summed E-state index contributed by atoms with van der Waals surface area (Å²) < 4.78 is 5.37. The summed E-state index contributed by atoms with van der Waals surface area (Å²) >= 11 is 0. The van der Waals surface area contributed by atoms with Gasteiger partial charge in [0.25, 0.3) is 0 Å². The number of hydrogen-bond donors (Lipinski definition) is 1. The molecule has 0 aliphatic rings. The molecule has 1 atom stereocenters. The van der Waals surface area contributed by atoms with Gasteiger partial charge in [0.15, 0.2) is 0 Å². The standard InChI is InChI=1S/C14H16N2O2/c1-3-18-12-7-11(8-15-9-12)14(17)13-5-4-6-16-10(13)2/h4-9,14,17H,3H2,1-2H3. The van der Waals surface area contributed by atoms with Crippen molar-refractivity contribution in [1.82, 2.24) is 9.97 Å². The molecular weight excluding hydrogens is 228 g/mol. The van der Waals surface area contributed by atoms with Crippen LogP contribution in [0, 0.1) is 6.92 Å². The number of nitrogens with zero attached hydrogens (tertiary/aromatic N) is 2. The maximum Gasteiger partial charge on any atom is 0.137 e. The van der Waals surface area contributed by atoms with Crippen molar-refractivity contribution in [1.29, 1.82) is 0 Å². The molecule has 0 fully saturated rings. The maximum atomic E-state index is 10.3. The smallest absolute Gasteiger partial charge is 0.137 e. The molecule has 18 heavy (non-hydrogen) atoms. The quantitative estimate of drug-likeness (QED) is 0.896. The summed E-state index contributed by atoms with van der Waals surface area (Å²) in [6.07, 6.45) is 4.25. The number of rotatable bonds is 4. The van der Waals surface area contributed by atoms with Crippen molar-refractivity contribution in [2.75, 3.05) is 6.61 Å². The van der Waals surface area contributed by atoms with E-state index in [2.05, 4.69) is 9.97 Å². The molecule has 2 aromatic rings. The molecule has 4 heteroatoms. The van der Waals surface area contributed by atoms with Gasteiger partial charge in [-0.05, 0) is 26.0 Å². The van der Waals surface area contributed by atoms with Crippen LogP contribution >= 0.6 is 0 Å². The second-order valence-corrected chi connectivity index (χ2v) is 3.97. The lowest BCUT2D eigenvalue weighted by Crippen LogP contribution is -2.04. The summed E-state index contributed by atoms with van der Waals surface area (Å²) in [5, 5.41) is 10.3. The van der Waals surface area contributed by atoms with Crippen LogP contribution < -0.4 is 4.74 Å². The number of ether oxygens (including phenoxy) is 1. The summed E-state index contributed by atoms with van der Waals surface area (Å²) in [6, 6.07) is 5.47. The topological polar surface area (TPSA) is 55.2 Å². The Bertz CT molecular complexity index is 529. The average molecular weight is 244 g/mol. The Labute approximate surface area is 106 Å². The molecule has 0 bridgehead atoms. The molecule has 0 amide bonds. The second kappa shape index (κ2) is 5.60. The molecule has 1 N–H and O–H groups in total. The summed E-state index contributed by atoms with van der Waals surface area (Å²) in [5.41, 5.74) is 2.30. The number of aliphatic hydroxyl groups is 1. The number of aliphatic hydroxyl groups excluding tert-OH is 1. The van der Waals surface area contributed by atoms with Crippen LogP contribution in [0.25, 0.3) is 0 Å². The van der Waals surface area contributed by atoms with E-state index >= 15 is 0 Å². The van der Waals surface area contributed by atoms with Crippen molar-refractivity contribution in [3.8, 4) is 5.75 Å². The zero-order valence-corrected chi connectivity index (χ0v) is 10.5. The Morgan fingerprint density at radius 2 is 2.22 bits per heavy atom. The summed E-state index contributed by atoms with van der Waals surface area (Å²) in [7, 11) is 0. The highest BCUT2D eigenvalue weighted by Crippen LogP contribution is 2.25. The van der Waals surface area contributed by atoms with Gasteiger partial charge in [-0.25, -0.2) is 0 Å². The Hall–Kier alpha value is -1.94. The normalized spacial score (nSPS) is 12.2. The third-order valence-electron chi connectivity index (χ3n) is 2.70. The summed E-state index contributed by atoms with van der Waals surface area (Å²) in [5.74, 6) is 0.663. The summed E-state index contributed by atoms with van der Waals surface area (Å²) in [4.78, 5) is 8.25. The predicted octanol–water partition coefficient (Wildman–Crippen LogP) is 2.27. The fourth-order valence-corrected chi connectivity index (χ4v) is 1.80. The van der Waals surface area contributed by atoms with E-state index in [1.165, 1.54) is 0 Å². The van der Waals surface area contributed by atoms with Gasteiger partial charge in [-0.1, -0.05) is 6.07 Å². The lowest BCUT2D eigenvalue weighted by atomic mass is 10.0. The molecule has 0 aliphatic carbocycles. The SMILES string of the molecule is CCOc1cncc(C(O)c2cccnc2C)c1. The highest BCUT2D eigenvalue weighted by atomic mass is 16.5. The van der Waals surface area contributed by atoms with Gasteiger partial charge in [0.2, 0.25) is 0 Å². The highest BCUT2D eigenvalue weighted by molar-refractivity contribution is 5.33. The zero-order chi connectivity index (χ0) is 13.0. The zero-order valence-electron chi connectivity index (χ0n) is 10.5. The molecular formula is C14H16N2O2. The Morgan fingerprint density at radius 3 is 2.94 bits per heavy atom. The lowest BCUT2D eigenvalue weighted by molar-refractivity contribution is 0.217. The molecule has 94 valence electrons. The van der Waals surface area contributed by atoms with Crippen molar-refractivity contribution in [3.05, 3.63) is 53.6 Å².